The van der Waals surface area contributed by atoms with Gasteiger partial charge in [-0.1, -0.05) is 13.0 Å². The summed E-state index contributed by atoms with van der Waals surface area (Å²) in [4.78, 5) is 10.9. The molecule has 0 aliphatic heterocycles. The van der Waals surface area contributed by atoms with Gasteiger partial charge in [0.2, 0.25) is 0 Å². The Labute approximate surface area is 100 Å². The Kier molecular flexibility index (Phi) is 10.8. The van der Waals surface area contributed by atoms with E-state index in [2.05, 4.69) is 0 Å². The largest absolute Gasteiger partial charge is 0.466 e. The van der Waals surface area contributed by atoms with Gasteiger partial charge in [0.1, 0.15) is 5.91 Å². The van der Waals surface area contributed by atoms with Crippen molar-refractivity contribution >= 4 is 15.5 Å². The fourth-order valence-corrected chi connectivity index (χ4v) is 2.92. The second-order valence-electron chi connectivity index (χ2n) is 3.41. The Hall–Kier alpha value is -0.393. The quantitative estimate of drug-likeness (QED) is 0.253. The van der Waals surface area contributed by atoms with E-state index in [-0.39, 0.29) is 21.4 Å². The highest BCUT2D eigenvalue weighted by Gasteiger charge is 2.08. The smallest absolute Gasteiger partial charge is 0.305 e. The maximum atomic E-state index is 10.9. The molecule has 0 unspecified atom stereocenters. The van der Waals surface area contributed by atoms with Crippen LogP contribution < -0.4 is 0 Å². The first-order chi connectivity index (χ1) is 7.74. The minimum absolute atomic E-state index is 0.0249. The van der Waals surface area contributed by atoms with E-state index < -0.39 is 0 Å². The molecule has 0 spiro atoms. The fourth-order valence-electron chi connectivity index (χ4n) is 1.29. The molecule has 0 fully saturated rings. The van der Waals surface area contributed by atoms with Gasteiger partial charge in [-0.2, -0.15) is 0 Å². The average Bonchev–Trinajstić information content (AvgIpc) is 2.28. The number of esters is 1. The summed E-state index contributed by atoms with van der Waals surface area (Å²) in [5.74, 6) is -0.0929. The van der Waals surface area contributed by atoms with Crippen molar-refractivity contribution in [1.29, 1.82) is 0 Å². The van der Waals surface area contributed by atoms with Gasteiger partial charge in [0.15, 0.2) is 0 Å². The van der Waals surface area contributed by atoms with E-state index >= 15 is 0 Å². The van der Waals surface area contributed by atoms with Crippen LogP contribution in [0.2, 0.25) is 6.04 Å². The van der Waals surface area contributed by atoms with Gasteiger partial charge in [-0.15, -0.1) is 0 Å². The lowest BCUT2D eigenvalue weighted by Gasteiger charge is -2.16. The Morgan fingerprint density at radius 3 is 2.31 bits per heavy atom. The van der Waals surface area contributed by atoms with Crippen molar-refractivity contribution < 1.29 is 19.0 Å². The van der Waals surface area contributed by atoms with Crippen molar-refractivity contribution in [2.24, 2.45) is 0 Å². The molecule has 0 aromatic heterocycles. The van der Waals surface area contributed by atoms with Crippen LogP contribution in [-0.4, -0.2) is 41.2 Å². The van der Waals surface area contributed by atoms with Gasteiger partial charge in [-0.25, -0.2) is 0 Å². The Morgan fingerprint density at radius 2 is 1.81 bits per heavy atom. The van der Waals surface area contributed by atoms with Crippen LogP contribution in [-0.2, 0) is 19.0 Å². The third-order valence-electron chi connectivity index (χ3n) is 2.09. The van der Waals surface area contributed by atoms with Crippen LogP contribution >= 0.6 is 0 Å². The predicted octanol–water partition coefficient (Wildman–Crippen LogP) is 1.27. The van der Waals surface area contributed by atoms with Crippen LogP contribution in [0.4, 0.5) is 0 Å². The highest BCUT2D eigenvalue weighted by molar-refractivity contribution is 6.36. The van der Waals surface area contributed by atoms with Crippen molar-refractivity contribution in [3.05, 3.63) is 0 Å². The van der Waals surface area contributed by atoms with E-state index in [1.807, 2.05) is 13.8 Å². The highest BCUT2D eigenvalue weighted by Crippen LogP contribution is 2.00. The first kappa shape index (κ1) is 15.6. The maximum absolute atomic E-state index is 10.9. The number of ether oxygens (including phenoxy) is 3. The van der Waals surface area contributed by atoms with Gasteiger partial charge in [-0.3, -0.25) is 4.79 Å². The normalized spacial score (nSPS) is 11.5. The standard InChI is InChI=1S/C11H24O4Si/c1-4-10(12)15-8-7-9-16-11(13-5-2)14-6-3/h11H,4-9,16H2,1-3H3. The van der Waals surface area contributed by atoms with Crippen LogP contribution in [0.15, 0.2) is 0 Å². The highest BCUT2D eigenvalue weighted by atomic mass is 28.2. The summed E-state index contributed by atoms with van der Waals surface area (Å²) in [6.45, 7) is 7.68. The minimum atomic E-state index is -0.384. The zero-order valence-electron chi connectivity index (χ0n) is 10.7. The van der Waals surface area contributed by atoms with E-state index in [9.17, 15) is 4.79 Å². The van der Waals surface area contributed by atoms with Crippen LogP contribution in [0.25, 0.3) is 0 Å². The third kappa shape index (κ3) is 8.88. The molecule has 0 atom stereocenters. The van der Waals surface area contributed by atoms with Crippen LogP contribution in [0.3, 0.4) is 0 Å². The van der Waals surface area contributed by atoms with Crippen molar-refractivity contribution in [2.75, 3.05) is 19.8 Å². The first-order valence-electron chi connectivity index (χ1n) is 6.13. The molecular weight excluding hydrogens is 224 g/mol. The molecule has 5 heteroatoms. The molecule has 0 aromatic rings. The van der Waals surface area contributed by atoms with Gasteiger partial charge in [0.05, 0.1) is 16.1 Å². The summed E-state index contributed by atoms with van der Waals surface area (Å²) >= 11 is 0. The van der Waals surface area contributed by atoms with E-state index in [1.54, 1.807) is 6.92 Å². The zero-order valence-corrected chi connectivity index (χ0v) is 12.1. The lowest BCUT2D eigenvalue weighted by molar-refractivity contribution is -0.143. The lowest BCUT2D eigenvalue weighted by atomic mass is 10.5. The summed E-state index contributed by atoms with van der Waals surface area (Å²) in [6.07, 6.45) is 1.38. The van der Waals surface area contributed by atoms with E-state index in [0.29, 0.717) is 26.2 Å². The van der Waals surface area contributed by atoms with Gasteiger partial charge in [-0.05, 0) is 20.3 Å². The third-order valence-corrected chi connectivity index (χ3v) is 3.94. The summed E-state index contributed by atoms with van der Waals surface area (Å²) in [6, 6.07) is 1.08. The molecular formula is C11H24O4Si. The summed E-state index contributed by atoms with van der Waals surface area (Å²) in [5, 5.41) is 0. The summed E-state index contributed by atoms with van der Waals surface area (Å²) in [7, 11) is -0.384. The van der Waals surface area contributed by atoms with E-state index in [0.717, 1.165) is 12.5 Å². The molecule has 0 aliphatic carbocycles. The number of hydrogen-bond acceptors (Lipinski definition) is 4. The molecule has 0 aliphatic rings. The van der Waals surface area contributed by atoms with Gasteiger partial charge in [0, 0.05) is 19.6 Å². The van der Waals surface area contributed by atoms with Crippen molar-refractivity contribution in [3.8, 4) is 0 Å². The summed E-state index contributed by atoms with van der Waals surface area (Å²) < 4.78 is 15.9. The maximum Gasteiger partial charge on any atom is 0.305 e. The number of carbonyl (C=O) groups excluding carboxylic acids is 1. The second kappa shape index (κ2) is 11.1. The number of hydrogen-bond donors (Lipinski definition) is 0. The molecule has 0 bridgehead atoms. The molecule has 4 nitrogen and oxygen atoms in total. The van der Waals surface area contributed by atoms with Crippen molar-refractivity contribution in [2.45, 2.75) is 45.6 Å². The fraction of sp³-hybridized carbons (Fsp3) is 0.909. The summed E-state index contributed by atoms with van der Waals surface area (Å²) in [5.41, 5.74) is 0. The Morgan fingerprint density at radius 1 is 1.19 bits per heavy atom. The molecule has 0 amide bonds. The molecule has 0 rings (SSSR count). The molecule has 0 saturated carbocycles. The molecule has 0 aromatic carbocycles. The van der Waals surface area contributed by atoms with Gasteiger partial charge < -0.3 is 14.2 Å². The Bertz CT molecular complexity index is 169. The number of carbonyl (C=O) groups is 1. The predicted molar refractivity (Wildman–Crippen MR) is 66.3 cm³/mol. The zero-order chi connectivity index (χ0) is 12.2. The molecule has 16 heavy (non-hydrogen) atoms. The molecule has 0 saturated heterocycles. The number of rotatable bonds is 10. The molecule has 96 valence electrons. The molecule has 0 N–H and O–H groups in total. The van der Waals surface area contributed by atoms with Crippen molar-refractivity contribution in [1.82, 2.24) is 0 Å². The average molecular weight is 248 g/mol. The monoisotopic (exact) mass is 248 g/mol. The molecule has 0 radical (unpaired) electrons. The topological polar surface area (TPSA) is 44.8 Å². The second-order valence-corrected chi connectivity index (χ2v) is 5.36. The van der Waals surface area contributed by atoms with Gasteiger partial charge in [0.25, 0.3) is 0 Å². The molecule has 0 heterocycles. The van der Waals surface area contributed by atoms with Gasteiger partial charge >= 0.3 is 5.97 Å². The van der Waals surface area contributed by atoms with Crippen molar-refractivity contribution in [3.63, 3.8) is 0 Å². The van der Waals surface area contributed by atoms with Crippen LogP contribution in [0, 0.1) is 0 Å². The minimum Gasteiger partial charge on any atom is -0.466 e. The van der Waals surface area contributed by atoms with Crippen LogP contribution in [0.1, 0.15) is 33.6 Å². The first-order valence-corrected chi connectivity index (χ1v) is 7.95. The Balaban J connectivity index is 3.42. The lowest BCUT2D eigenvalue weighted by Crippen LogP contribution is -2.24. The van der Waals surface area contributed by atoms with E-state index in [4.69, 9.17) is 14.2 Å². The van der Waals surface area contributed by atoms with E-state index in [1.165, 1.54) is 0 Å². The SMILES string of the molecule is CCOC(OCC)[SiH2]CCCOC(=O)CC. The van der Waals surface area contributed by atoms with Crippen LogP contribution in [0.5, 0.6) is 0 Å².